The maximum atomic E-state index is 6.23. The molecule has 2 nitrogen and oxygen atoms in total. The summed E-state index contributed by atoms with van der Waals surface area (Å²) in [5, 5.41) is 1.60. The van der Waals surface area contributed by atoms with E-state index in [0.717, 1.165) is 26.1 Å². The van der Waals surface area contributed by atoms with E-state index in [9.17, 15) is 0 Å². The lowest BCUT2D eigenvalue weighted by molar-refractivity contribution is 0.179. The predicted molar refractivity (Wildman–Crippen MR) is 70.3 cm³/mol. The summed E-state index contributed by atoms with van der Waals surface area (Å²) in [5.41, 5.74) is 1.18. The molecule has 2 rings (SSSR count). The highest BCUT2D eigenvalue weighted by Crippen LogP contribution is 2.24. The molecule has 1 saturated heterocycles. The summed E-state index contributed by atoms with van der Waals surface area (Å²) in [5.74, 6) is 0.595. The van der Waals surface area contributed by atoms with Gasteiger partial charge in [0.05, 0.1) is 12.2 Å². The Bertz CT molecular complexity index is 344. The molecule has 2 heterocycles. The van der Waals surface area contributed by atoms with E-state index in [1.165, 1.54) is 15.6 Å². The first-order valence-electron chi connectivity index (χ1n) is 5.85. The normalized spacial score (nSPS) is 27.2. The van der Waals surface area contributed by atoms with Gasteiger partial charge in [-0.2, -0.15) is 0 Å². The van der Waals surface area contributed by atoms with Crippen molar-refractivity contribution < 1.29 is 0 Å². The lowest BCUT2D eigenvalue weighted by Gasteiger charge is -2.33. The zero-order valence-corrected chi connectivity index (χ0v) is 11.7. The van der Waals surface area contributed by atoms with Crippen LogP contribution in [0.15, 0.2) is 0 Å². The number of aromatic nitrogens is 1. The highest BCUT2D eigenvalue weighted by Gasteiger charge is 2.24. The number of hydrogen-bond acceptors (Lipinski definition) is 3. The average molecular weight is 259 g/mol. The molecular formula is C12H19ClN2S. The molecule has 1 fully saturated rings. The molecule has 0 spiro atoms. The number of alkyl halides is 1. The Hall–Kier alpha value is -0.120. The third kappa shape index (κ3) is 2.76. The molecule has 90 valence electrons. The zero-order valence-electron chi connectivity index (χ0n) is 10.2. The number of nitrogens with zero attached hydrogens (tertiary/aromatic N) is 2. The molecule has 0 amide bonds. The zero-order chi connectivity index (χ0) is 11.7. The second kappa shape index (κ2) is 5.03. The van der Waals surface area contributed by atoms with Gasteiger partial charge in [0.1, 0.15) is 5.01 Å². The Balaban J connectivity index is 1.95. The summed E-state index contributed by atoms with van der Waals surface area (Å²) >= 11 is 8.05. The van der Waals surface area contributed by atoms with Crippen molar-refractivity contribution in [1.29, 1.82) is 0 Å². The number of hydrogen-bond donors (Lipinski definition) is 0. The topological polar surface area (TPSA) is 16.1 Å². The molecule has 2 unspecified atom stereocenters. The van der Waals surface area contributed by atoms with Crippen molar-refractivity contribution in [3.63, 3.8) is 0 Å². The summed E-state index contributed by atoms with van der Waals surface area (Å²) in [7, 11) is 0. The van der Waals surface area contributed by atoms with E-state index in [2.05, 4.69) is 30.7 Å². The summed E-state index contributed by atoms with van der Waals surface area (Å²) in [4.78, 5) is 8.41. The van der Waals surface area contributed by atoms with Crippen molar-refractivity contribution in [3.05, 3.63) is 15.6 Å². The van der Waals surface area contributed by atoms with Gasteiger partial charge in [-0.05, 0) is 26.2 Å². The molecule has 0 aliphatic carbocycles. The standard InChI is InChI=1S/C12H19ClN2S/c1-8-6-15(5-4-11(8)13)7-12-14-9(2)10(3)16-12/h8,11H,4-7H2,1-3H3. The van der Waals surface area contributed by atoms with Crippen molar-refractivity contribution in [3.8, 4) is 0 Å². The number of likely N-dealkylation sites (tertiary alicyclic amines) is 1. The first-order chi connectivity index (χ1) is 7.56. The van der Waals surface area contributed by atoms with Gasteiger partial charge in [-0.1, -0.05) is 6.92 Å². The minimum absolute atomic E-state index is 0.357. The van der Waals surface area contributed by atoms with E-state index < -0.39 is 0 Å². The molecule has 0 aromatic carbocycles. The van der Waals surface area contributed by atoms with Crippen LogP contribution in [0.25, 0.3) is 0 Å². The Labute approximate surface area is 107 Å². The molecule has 1 aromatic heterocycles. The maximum Gasteiger partial charge on any atom is 0.107 e. The van der Waals surface area contributed by atoms with Gasteiger partial charge in [0.15, 0.2) is 0 Å². The number of halogens is 1. The smallest absolute Gasteiger partial charge is 0.107 e. The van der Waals surface area contributed by atoms with E-state index in [-0.39, 0.29) is 0 Å². The SMILES string of the molecule is Cc1nc(CN2CCC(Cl)C(C)C2)sc1C. The molecule has 16 heavy (non-hydrogen) atoms. The number of thiazole rings is 1. The van der Waals surface area contributed by atoms with Gasteiger partial charge < -0.3 is 0 Å². The predicted octanol–water partition coefficient (Wildman–Crippen LogP) is 3.21. The summed E-state index contributed by atoms with van der Waals surface area (Å²) in [6.45, 7) is 9.67. The second-order valence-corrected chi connectivity index (χ2v) is 6.61. The van der Waals surface area contributed by atoms with E-state index >= 15 is 0 Å². The molecule has 1 aliphatic heterocycles. The van der Waals surface area contributed by atoms with Crippen LogP contribution >= 0.6 is 22.9 Å². The van der Waals surface area contributed by atoms with Gasteiger partial charge in [0, 0.05) is 23.3 Å². The van der Waals surface area contributed by atoms with Crippen molar-refractivity contribution >= 4 is 22.9 Å². The molecule has 2 atom stereocenters. The van der Waals surface area contributed by atoms with Crippen LogP contribution in [0.4, 0.5) is 0 Å². The van der Waals surface area contributed by atoms with Gasteiger partial charge in [-0.15, -0.1) is 22.9 Å². The quantitative estimate of drug-likeness (QED) is 0.758. The monoisotopic (exact) mass is 258 g/mol. The van der Waals surface area contributed by atoms with Crippen LogP contribution in [-0.2, 0) is 6.54 Å². The van der Waals surface area contributed by atoms with Gasteiger partial charge in [-0.3, -0.25) is 4.90 Å². The fourth-order valence-electron chi connectivity index (χ4n) is 2.15. The van der Waals surface area contributed by atoms with Gasteiger partial charge in [0.2, 0.25) is 0 Å². The number of aryl methyl sites for hydroxylation is 2. The minimum atomic E-state index is 0.357. The molecule has 0 saturated carbocycles. The molecule has 4 heteroatoms. The van der Waals surface area contributed by atoms with Gasteiger partial charge in [-0.25, -0.2) is 4.98 Å². The van der Waals surface area contributed by atoms with Gasteiger partial charge in [0.25, 0.3) is 0 Å². The molecule has 1 aliphatic rings. The third-order valence-electron chi connectivity index (χ3n) is 3.32. The molecule has 0 N–H and O–H groups in total. The van der Waals surface area contributed by atoms with E-state index in [1.54, 1.807) is 0 Å². The second-order valence-electron chi connectivity index (χ2n) is 4.77. The molecule has 1 aromatic rings. The van der Waals surface area contributed by atoms with Crippen LogP contribution in [0.1, 0.15) is 28.9 Å². The number of piperidine rings is 1. The number of rotatable bonds is 2. The first-order valence-corrected chi connectivity index (χ1v) is 7.11. The molecular weight excluding hydrogens is 240 g/mol. The molecule has 0 radical (unpaired) electrons. The van der Waals surface area contributed by atoms with Crippen molar-refractivity contribution in [2.24, 2.45) is 5.92 Å². The van der Waals surface area contributed by atoms with Crippen molar-refractivity contribution in [2.45, 2.75) is 39.1 Å². The van der Waals surface area contributed by atoms with Crippen LogP contribution in [0.5, 0.6) is 0 Å². The Kier molecular flexibility index (Phi) is 3.88. The van der Waals surface area contributed by atoms with Crippen LogP contribution in [0.2, 0.25) is 0 Å². The van der Waals surface area contributed by atoms with E-state index in [4.69, 9.17) is 11.6 Å². The largest absolute Gasteiger partial charge is 0.296 e. The lowest BCUT2D eigenvalue weighted by atomic mass is 10.00. The van der Waals surface area contributed by atoms with Crippen LogP contribution in [0.3, 0.4) is 0 Å². The Morgan fingerprint density at radius 1 is 1.50 bits per heavy atom. The highest BCUT2D eigenvalue weighted by molar-refractivity contribution is 7.11. The lowest BCUT2D eigenvalue weighted by Crippen LogP contribution is -2.39. The Morgan fingerprint density at radius 2 is 2.25 bits per heavy atom. The first kappa shape index (κ1) is 12.3. The van der Waals surface area contributed by atoms with Crippen LogP contribution in [-0.4, -0.2) is 28.4 Å². The summed E-state index contributed by atoms with van der Waals surface area (Å²) in [6, 6.07) is 0. The van der Waals surface area contributed by atoms with Gasteiger partial charge >= 0.3 is 0 Å². The average Bonchev–Trinajstić information content (AvgIpc) is 2.52. The van der Waals surface area contributed by atoms with Crippen LogP contribution < -0.4 is 0 Å². The highest BCUT2D eigenvalue weighted by atomic mass is 35.5. The fourth-order valence-corrected chi connectivity index (χ4v) is 3.30. The van der Waals surface area contributed by atoms with E-state index in [0.29, 0.717) is 11.3 Å². The van der Waals surface area contributed by atoms with Crippen molar-refractivity contribution in [2.75, 3.05) is 13.1 Å². The summed E-state index contributed by atoms with van der Waals surface area (Å²) < 4.78 is 0. The minimum Gasteiger partial charge on any atom is -0.296 e. The fraction of sp³-hybridized carbons (Fsp3) is 0.750. The van der Waals surface area contributed by atoms with Crippen LogP contribution in [0, 0.1) is 19.8 Å². The summed E-state index contributed by atoms with van der Waals surface area (Å²) in [6.07, 6.45) is 1.10. The molecule has 0 bridgehead atoms. The maximum absolute atomic E-state index is 6.23. The van der Waals surface area contributed by atoms with E-state index in [1.807, 2.05) is 11.3 Å². The Morgan fingerprint density at radius 3 is 2.81 bits per heavy atom. The third-order valence-corrected chi connectivity index (χ3v) is 5.02. The van der Waals surface area contributed by atoms with Crippen molar-refractivity contribution in [1.82, 2.24) is 9.88 Å².